The molecule has 3 heteroatoms. The Morgan fingerprint density at radius 3 is 1.21 bits per heavy atom. The molecule has 1 nitrogen and oxygen atoms in total. The molecule has 0 aliphatic heterocycles. The molecule has 0 N–H and O–H groups in total. The topological polar surface area (TPSA) is 12.4 Å². The highest BCUT2D eigenvalue weighted by Crippen LogP contribution is 2.44. The van der Waals surface area contributed by atoms with Crippen molar-refractivity contribution in [3.05, 3.63) is 75.3 Å². The zero-order chi connectivity index (χ0) is 20.6. The van der Waals surface area contributed by atoms with E-state index in [1.807, 2.05) is 0 Å². The molecule has 3 aromatic rings. The molecule has 0 aliphatic rings. The Labute approximate surface area is 177 Å². The second-order valence-corrected chi connectivity index (χ2v) is 8.70. The van der Waals surface area contributed by atoms with E-state index < -0.39 is 0 Å². The van der Waals surface area contributed by atoms with Crippen molar-refractivity contribution in [1.82, 2.24) is 0 Å². The first-order chi connectivity index (χ1) is 13.2. The summed E-state index contributed by atoms with van der Waals surface area (Å²) >= 11 is 5.21. The lowest BCUT2D eigenvalue weighted by Crippen LogP contribution is -1.96. The van der Waals surface area contributed by atoms with Crippen molar-refractivity contribution in [3.8, 4) is 22.3 Å². The van der Waals surface area contributed by atoms with Crippen LogP contribution in [-0.4, -0.2) is 0 Å². The summed E-state index contributed by atoms with van der Waals surface area (Å²) in [5.41, 5.74) is 14.8. The number of rotatable bonds is 3. The number of nitrogens with zero attached hydrogens (tertiary/aromatic N) is 1. The zero-order valence-electron chi connectivity index (χ0n) is 17.7. The van der Waals surface area contributed by atoms with Crippen LogP contribution in [0.2, 0.25) is 0 Å². The summed E-state index contributed by atoms with van der Waals surface area (Å²) < 4.78 is 4.74. The largest absolute Gasteiger partial charge is 0.181 e. The second-order valence-electron chi connectivity index (χ2n) is 7.92. The highest BCUT2D eigenvalue weighted by Gasteiger charge is 2.18. The Morgan fingerprint density at radius 1 is 0.571 bits per heavy atom. The summed E-state index contributed by atoms with van der Waals surface area (Å²) in [4.78, 5) is 0. The molecule has 0 radical (unpaired) electrons. The van der Waals surface area contributed by atoms with Gasteiger partial charge in [0, 0.05) is 32.4 Å². The number of benzene rings is 3. The molecule has 0 heterocycles. The minimum Gasteiger partial charge on any atom is -0.181 e. The minimum absolute atomic E-state index is 0.982. The Bertz CT molecular complexity index is 1010. The summed E-state index contributed by atoms with van der Waals surface area (Å²) in [6.07, 6.45) is 0. The van der Waals surface area contributed by atoms with Gasteiger partial charge in [0.05, 0.1) is 5.69 Å². The average molecular weight is 406 g/mol. The fourth-order valence-electron chi connectivity index (χ4n) is 4.51. The van der Waals surface area contributed by atoms with Crippen LogP contribution in [0, 0.1) is 48.5 Å². The maximum Gasteiger partial charge on any atom is 0.0926 e. The molecule has 0 spiro atoms. The van der Waals surface area contributed by atoms with E-state index in [1.165, 1.54) is 61.2 Å². The molecule has 0 unspecified atom stereocenters. The molecule has 0 saturated heterocycles. The number of aryl methyl sites for hydroxylation is 7. The van der Waals surface area contributed by atoms with Crippen LogP contribution in [0.1, 0.15) is 38.9 Å². The van der Waals surface area contributed by atoms with Crippen LogP contribution in [0.3, 0.4) is 0 Å². The van der Waals surface area contributed by atoms with Crippen LogP contribution in [0.4, 0.5) is 5.69 Å². The highest BCUT2D eigenvalue weighted by atomic mass is 32.8. The van der Waals surface area contributed by atoms with Crippen molar-refractivity contribution in [3.63, 3.8) is 0 Å². The number of hydrogen-bond donors (Lipinski definition) is 0. The third kappa shape index (κ3) is 3.87. The van der Waals surface area contributed by atoms with Crippen molar-refractivity contribution in [2.75, 3.05) is 0 Å². The van der Waals surface area contributed by atoms with Crippen LogP contribution in [0.25, 0.3) is 22.3 Å². The van der Waals surface area contributed by atoms with Crippen molar-refractivity contribution >= 4 is 27.0 Å². The van der Waals surface area contributed by atoms with Crippen LogP contribution >= 0.6 is 0 Å². The van der Waals surface area contributed by atoms with Gasteiger partial charge in [-0.05, 0) is 99.5 Å². The molecule has 0 saturated carbocycles. The van der Waals surface area contributed by atoms with Gasteiger partial charge in [-0.2, -0.15) is 4.36 Å². The SMILES string of the molecule is Cc1cc(C)c(-c2cc(C)cc(-c3c(C)cc(C)cc3C)c2N=S=S)c(C)c1. The Kier molecular flexibility index (Phi) is 5.97. The van der Waals surface area contributed by atoms with Gasteiger partial charge in [0.25, 0.3) is 0 Å². The van der Waals surface area contributed by atoms with E-state index in [-0.39, 0.29) is 0 Å². The molecule has 28 heavy (non-hydrogen) atoms. The predicted molar refractivity (Wildman–Crippen MR) is 127 cm³/mol. The molecule has 0 fully saturated rings. The smallest absolute Gasteiger partial charge is 0.0926 e. The fourth-order valence-corrected chi connectivity index (χ4v) is 5.00. The third-order valence-corrected chi connectivity index (χ3v) is 5.76. The molecular weight excluding hydrogens is 378 g/mol. The standard InChI is InChI=1S/C25H27NS2/c1-14-8-17(4)23(18(5)9-14)21-12-16(3)13-22(25(21)26-28-27)24-19(6)10-15(2)11-20(24)7/h8-13H,1-7H3. The predicted octanol–water partition coefficient (Wildman–Crippen LogP) is 7.54. The molecule has 144 valence electrons. The summed E-state index contributed by atoms with van der Waals surface area (Å²) in [6.45, 7) is 15.2. The van der Waals surface area contributed by atoms with Crippen LogP contribution in [0.15, 0.2) is 40.8 Å². The fraction of sp³-hybridized carbons (Fsp3) is 0.280. The third-order valence-electron chi connectivity index (χ3n) is 5.28. The van der Waals surface area contributed by atoms with Crippen LogP contribution in [-0.2, 0) is 21.3 Å². The van der Waals surface area contributed by atoms with Gasteiger partial charge < -0.3 is 0 Å². The van der Waals surface area contributed by atoms with Crippen LogP contribution < -0.4 is 0 Å². The van der Waals surface area contributed by atoms with Gasteiger partial charge in [-0.15, -0.1) is 0 Å². The molecule has 0 aromatic heterocycles. The molecule has 0 bridgehead atoms. The average Bonchev–Trinajstić information content (AvgIpc) is 2.55. The van der Waals surface area contributed by atoms with Gasteiger partial charge in [0.2, 0.25) is 0 Å². The lowest BCUT2D eigenvalue weighted by Gasteiger charge is -2.19. The van der Waals surface area contributed by atoms with Crippen molar-refractivity contribution < 1.29 is 0 Å². The second kappa shape index (κ2) is 8.10. The number of hydrogen-bond acceptors (Lipinski definition) is 2. The van der Waals surface area contributed by atoms with Gasteiger partial charge >= 0.3 is 0 Å². The summed E-state index contributed by atoms with van der Waals surface area (Å²) in [6, 6.07) is 13.5. The van der Waals surface area contributed by atoms with E-state index in [0.29, 0.717) is 0 Å². The monoisotopic (exact) mass is 405 g/mol. The van der Waals surface area contributed by atoms with Gasteiger partial charge in [0.1, 0.15) is 0 Å². The van der Waals surface area contributed by atoms with Gasteiger partial charge in [-0.25, -0.2) is 0 Å². The first-order valence-corrected chi connectivity index (χ1v) is 11.2. The maximum atomic E-state index is 5.21. The minimum atomic E-state index is 0.982. The lowest BCUT2D eigenvalue weighted by atomic mass is 9.86. The Hall–Kier alpha value is -2.10. The first-order valence-electron chi connectivity index (χ1n) is 9.54. The molecule has 0 atom stereocenters. The molecule has 0 amide bonds. The van der Waals surface area contributed by atoms with E-state index in [4.69, 9.17) is 15.6 Å². The van der Waals surface area contributed by atoms with E-state index in [2.05, 4.69) is 84.9 Å². The van der Waals surface area contributed by atoms with E-state index in [1.54, 1.807) is 0 Å². The Balaban J connectivity index is 2.45. The van der Waals surface area contributed by atoms with Gasteiger partial charge in [-0.1, -0.05) is 35.4 Å². The van der Waals surface area contributed by atoms with E-state index in [9.17, 15) is 0 Å². The quantitative estimate of drug-likeness (QED) is 0.438. The van der Waals surface area contributed by atoms with Crippen molar-refractivity contribution in [2.45, 2.75) is 48.5 Å². The lowest BCUT2D eigenvalue weighted by molar-refractivity contribution is 1.30. The summed E-state index contributed by atoms with van der Waals surface area (Å²) in [5, 5.41) is 0. The molecular formula is C25H27NS2. The normalized spacial score (nSPS) is 10.8. The van der Waals surface area contributed by atoms with Crippen molar-refractivity contribution in [2.24, 2.45) is 4.36 Å². The summed E-state index contributed by atoms with van der Waals surface area (Å²) in [5.74, 6) is 0. The molecule has 0 aliphatic carbocycles. The maximum absolute atomic E-state index is 5.21. The zero-order valence-corrected chi connectivity index (χ0v) is 19.4. The highest BCUT2D eigenvalue weighted by molar-refractivity contribution is 8.12. The molecule has 3 rings (SSSR count). The van der Waals surface area contributed by atoms with Gasteiger partial charge in [-0.3, -0.25) is 0 Å². The van der Waals surface area contributed by atoms with Gasteiger partial charge in [0.15, 0.2) is 0 Å². The van der Waals surface area contributed by atoms with E-state index in [0.717, 1.165) is 15.8 Å². The van der Waals surface area contributed by atoms with E-state index >= 15 is 0 Å². The summed E-state index contributed by atoms with van der Waals surface area (Å²) in [7, 11) is 1.12. The van der Waals surface area contributed by atoms with Crippen LogP contribution in [0.5, 0.6) is 0 Å². The van der Waals surface area contributed by atoms with Crippen molar-refractivity contribution in [1.29, 1.82) is 0 Å². The first kappa shape index (κ1) is 20.6. The molecule has 3 aromatic carbocycles. The Morgan fingerprint density at radius 2 is 0.893 bits per heavy atom.